The number of amides is 1. The second kappa shape index (κ2) is 6.25. The predicted octanol–water partition coefficient (Wildman–Crippen LogP) is 1.68. The van der Waals surface area contributed by atoms with Crippen LogP contribution in [0.25, 0.3) is 0 Å². The molecule has 106 valence electrons. The number of primary amides is 1. The van der Waals surface area contributed by atoms with Gasteiger partial charge in [0.25, 0.3) is 0 Å². The average Bonchev–Trinajstić information content (AvgIpc) is 2.27. The van der Waals surface area contributed by atoms with Gasteiger partial charge in [-0.2, -0.15) is 0 Å². The van der Waals surface area contributed by atoms with Crippen molar-refractivity contribution in [2.75, 3.05) is 17.1 Å². The summed E-state index contributed by atoms with van der Waals surface area (Å²) in [5, 5.41) is 0.501. The summed E-state index contributed by atoms with van der Waals surface area (Å²) in [7, 11) is -3.43. The third-order valence-corrected chi connectivity index (χ3v) is 4.28. The molecule has 0 saturated heterocycles. The largest absolute Gasteiger partial charge is 0.370 e. The van der Waals surface area contributed by atoms with Gasteiger partial charge in [0.15, 0.2) is 0 Å². The lowest BCUT2D eigenvalue weighted by Gasteiger charge is -2.24. The van der Waals surface area contributed by atoms with E-state index in [0.717, 1.165) is 6.26 Å². The standard InChI is InChI=1S/C12H17ClN2O3S/c1-9-10(13)5-3-6-11(9)15(19(2,17)18)8-4-7-12(14)16/h3,5-6H,4,7-8H2,1-2H3,(H2,14,16). The maximum atomic E-state index is 11.8. The first-order chi connectivity index (χ1) is 8.73. The van der Waals surface area contributed by atoms with Gasteiger partial charge in [0, 0.05) is 18.0 Å². The average molecular weight is 305 g/mol. The predicted molar refractivity (Wildman–Crippen MR) is 76.8 cm³/mol. The van der Waals surface area contributed by atoms with Gasteiger partial charge < -0.3 is 5.73 Å². The lowest BCUT2D eigenvalue weighted by molar-refractivity contribution is -0.118. The van der Waals surface area contributed by atoms with Crippen LogP contribution in [0.3, 0.4) is 0 Å². The molecule has 19 heavy (non-hydrogen) atoms. The molecule has 0 aliphatic rings. The minimum Gasteiger partial charge on any atom is -0.370 e. The van der Waals surface area contributed by atoms with E-state index < -0.39 is 15.9 Å². The molecular formula is C12H17ClN2O3S. The Balaban J connectivity index is 3.04. The normalized spacial score (nSPS) is 11.3. The number of hydrogen-bond acceptors (Lipinski definition) is 3. The molecule has 0 aromatic heterocycles. The second-order valence-electron chi connectivity index (χ2n) is 4.29. The topological polar surface area (TPSA) is 80.5 Å². The van der Waals surface area contributed by atoms with E-state index in [-0.39, 0.29) is 13.0 Å². The monoisotopic (exact) mass is 304 g/mol. The molecular weight excluding hydrogens is 288 g/mol. The summed E-state index contributed by atoms with van der Waals surface area (Å²) >= 11 is 6.00. The first kappa shape index (κ1) is 15.8. The third kappa shape index (κ3) is 4.40. The van der Waals surface area contributed by atoms with Crippen LogP contribution < -0.4 is 10.0 Å². The first-order valence-electron chi connectivity index (χ1n) is 5.74. The molecule has 1 aromatic carbocycles. The van der Waals surface area contributed by atoms with Crippen LogP contribution in [0.2, 0.25) is 5.02 Å². The molecule has 0 unspecified atom stereocenters. The number of carbonyl (C=O) groups is 1. The zero-order valence-corrected chi connectivity index (χ0v) is 12.5. The van der Waals surface area contributed by atoms with Gasteiger partial charge in [-0.05, 0) is 31.0 Å². The van der Waals surface area contributed by atoms with E-state index >= 15 is 0 Å². The van der Waals surface area contributed by atoms with Crippen LogP contribution in [-0.2, 0) is 14.8 Å². The Hall–Kier alpha value is -1.27. The Labute approximate surface area is 118 Å². The van der Waals surface area contributed by atoms with E-state index in [1.54, 1.807) is 25.1 Å². The van der Waals surface area contributed by atoms with Crippen LogP contribution >= 0.6 is 11.6 Å². The van der Waals surface area contributed by atoms with Crippen molar-refractivity contribution in [1.82, 2.24) is 0 Å². The highest BCUT2D eigenvalue weighted by molar-refractivity contribution is 7.92. The number of hydrogen-bond donors (Lipinski definition) is 1. The first-order valence-corrected chi connectivity index (χ1v) is 7.97. The van der Waals surface area contributed by atoms with Gasteiger partial charge in [-0.1, -0.05) is 17.7 Å². The number of benzene rings is 1. The Bertz CT molecular complexity index is 572. The van der Waals surface area contributed by atoms with E-state index in [9.17, 15) is 13.2 Å². The smallest absolute Gasteiger partial charge is 0.232 e. The second-order valence-corrected chi connectivity index (χ2v) is 6.60. The van der Waals surface area contributed by atoms with Crippen LogP contribution in [0.4, 0.5) is 5.69 Å². The molecule has 0 aliphatic carbocycles. The van der Waals surface area contributed by atoms with Gasteiger partial charge in [-0.25, -0.2) is 8.42 Å². The molecule has 0 fully saturated rings. The van der Waals surface area contributed by atoms with Crippen molar-refractivity contribution < 1.29 is 13.2 Å². The van der Waals surface area contributed by atoms with Crippen molar-refractivity contribution in [1.29, 1.82) is 0 Å². The molecule has 0 radical (unpaired) electrons. The molecule has 0 spiro atoms. The summed E-state index contributed by atoms with van der Waals surface area (Å²) in [6.45, 7) is 1.95. The fourth-order valence-corrected chi connectivity index (χ4v) is 2.91. The fraction of sp³-hybridized carbons (Fsp3) is 0.417. The van der Waals surface area contributed by atoms with Gasteiger partial charge >= 0.3 is 0 Å². The molecule has 2 N–H and O–H groups in total. The summed E-state index contributed by atoms with van der Waals surface area (Å²) in [6.07, 6.45) is 1.64. The highest BCUT2D eigenvalue weighted by Gasteiger charge is 2.19. The molecule has 0 aliphatic heterocycles. The van der Waals surface area contributed by atoms with E-state index in [0.29, 0.717) is 22.7 Å². The number of halogens is 1. The molecule has 0 bridgehead atoms. The van der Waals surface area contributed by atoms with Gasteiger partial charge in [0.05, 0.1) is 11.9 Å². The van der Waals surface area contributed by atoms with Crippen LogP contribution in [0.5, 0.6) is 0 Å². The lowest BCUT2D eigenvalue weighted by atomic mass is 10.2. The van der Waals surface area contributed by atoms with E-state index in [1.165, 1.54) is 4.31 Å². The Morgan fingerprint density at radius 2 is 2.05 bits per heavy atom. The number of sulfonamides is 1. The lowest BCUT2D eigenvalue weighted by Crippen LogP contribution is -2.32. The van der Waals surface area contributed by atoms with Crippen LogP contribution in [0.1, 0.15) is 18.4 Å². The van der Waals surface area contributed by atoms with Gasteiger partial charge in [0.1, 0.15) is 0 Å². The Morgan fingerprint density at radius 1 is 1.42 bits per heavy atom. The van der Waals surface area contributed by atoms with Crippen molar-refractivity contribution >= 4 is 33.2 Å². The molecule has 1 rings (SSSR count). The number of anilines is 1. The zero-order chi connectivity index (χ0) is 14.6. The maximum Gasteiger partial charge on any atom is 0.232 e. The highest BCUT2D eigenvalue weighted by Crippen LogP contribution is 2.28. The van der Waals surface area contributed by atoms with Crippen molar-refractivity contribution in [2.45, 2.75) is 19.8 Å². The zero-order valence-electron chi connectivity index (χ0n) is 10.9. The number of nitrogens with zero attached hydrogens (tertiary/aromatic N) is 1. The molecule has 0 atom stereocenters. The quantitative estimate of drug-likeness (QED) is 0.868. The van der Waals surface area contributed by atoms with E-state index in [4.69, 9.17) is 17.3 Å². The summed E-state index contributed by atoms with van der Waals surface area (Å²) in [6, 6.07) is 5.08. The third-order valence-electron chi connectivity index (χ3n) is 2.69. The van der Waals surface area contributed by atoms with E-state index in [1.807, 2.05) is 0 Å². The number of rotatable bonds is 6. The number of carbonyl (C=O) groups excluding carboxylic acids is 1. The maximum absolute atomic E-state index is 11.8. The summed E-state index contributed by atoms with van der Waals surface area (Å²) in [5.74, 6) is -0.448. The van der Waals surface area contributed by atoms with Crippen molar-refractivity contribution in [2.24, 2.45) is 5.73 Å². The van der Waals surface area contributed by atoms with Crippen molar-refractivity contribution in [3.8, 4) is 0 Å². The van der Waals surface area contributed by atoms with Gasteiger partial charge in [0.2, 0.25) is 15.9 Å². The minimum atomic E-state index is -3.43. The summed E-state index contributed by atoms with van der Waals surface area (Å²) in [5.41, 5.74) is 6.27. The Morgan fingerprint density at radius 3 is 2.58 bits per heavy atom. The fourth-order valence-electron chi connectivity index (χ4n) is 1.73. The molecule has 1 aromatic rings. The molecule has 5 nitrogen and oxygen atoms in total. The van der Waals surface area contributed by atoms with Crippen molar-refractivity contribution in [3.63, 3.8) is 0 Å². The molecule has 7 heteroatoms. The molecule has 0 saturated carbocycles. The van der Waals surface area contributed by atoms with Gasteiger partial charge in [-0.3, -0.25) is 9.10 Å². The highest BCUT2D eigenvalue weighted by atomic mass is 35.5. The summed E-state index contributed by atoms with van der Waals surface area (Å²) < 4.78 is 24.9. The van der Waals surface area contributed by atoms with Crippen molar-refractivity contribution in [3.05, 3.63) is 28.8 Å². The van der Waals surface area contributed by atoms with Gasteiger partial charge in [-0.15, -0.1) is 0 Å². The van der Waals surface area contributed by atoms with Crippen LogP contribution in [0.15, 0.2) is 18.2 Å². The SMILES string of the molecule is Cc1c(Cl)cccc1N(CCCC(N)=O)S(C)(=O)=O. The van der Waals surface area contributed by atoms with Crippen LogP contribution in [-0.4, -0.2) is 27.1 Å². The number of nitrogens with two attached hydrogens (primary N) is 1. The van der Waals surface area contributed by atoms with Crippen LogP contribution in [0, 0.1) is 6.92 Å². The molecule has 0 heterocycles. The minimum absolute atomic E-state index is 0.144. The molecule has 1 amide bonds. The Kier molecular flexibility index (Phi) is 5.20. The summed E-state index contributed by atoms with van der Waals surface area (Å²) in [4.78, 5) is 10.7. The van der Waals surface area contributed by atoms with E-state index in [2.05, 4.69) is 0 Å².